The van der Waals surface area contributed by atoms with Crippen molar-refractivity contribution >= 4 is 23.5 Å². The normalized spacial score (nSPS) is 18.4. The number of hydrogen-bond acceptors (Lipinski definition) is 4. The van der Waals surface area contributed by atoms with Gasteiger partial charge in [-0.15, -0.1) is 0 Å². The minimum atomic E-state index is -2.60. The fourth-order valence-electron chi connectivity index (χ4n) is 2.34. The summed E-state index contributed by atoms with van der Waals surface area (Å²) < 4.78 is 30.5. The fourth-order valence-corrected chi connectivity index (χ4v) is 2.64. The number of halogens is 3. The van der Waals surface area contributed by atoms with Gasteiger partial charge in [-0.1, -0.05) is 11.6 Å². The molecule has 1 aromatic heterocycles. The van der Waals surface area contributed by atoms with Crippen molar-refractivity contribution in [2.45, 2.75) is 45.3 Å². The quantitative estimate of drug-likeness (QED) is 0.904. The number of alkyl carbamates (subject to hydrolysis) is 1. The SMILES string of the molecule is CC(C)(C)OC(=O)NC1CCN(c2ncc(C(F)F)cc2Cl)C1. The van der Waals surface area contributed by atoms with Crippen LogP contribution in [-0.2, 0) is 4.74 Å². The summed E-state index contributed by atoms with van der Waals surface area (Å²) >= 11 is 6.04. The van der Waals surface area contributed by atoms with E-state index in [1.54, 1.807) is 20.8 Å². The molecule has 128 valence electrons. The Kier molecular flexibility index (Phi) is 5.29. The van der Waals surface area contributed by atoms with Gasteiger partial charge in [0.25, 0.3) is 6.43 Å². The summed E-state index contributed by atoms with van der Waals surface area (Å²) in [6.45, 7) is 6.51. The third-order valence-electron chi connectivity index (χ3n) is 3.30. The van der Waals surface area contributed by atoms with Crippen LogP contribution in [0.25, 0.3) is 0 Å². The first-order chi connectivity index (χ1) is 10.7. The van der Waals surface area contributed by atoms with Gasteiger partial charge in [0.15, 0.2) is 0 Å². The molecular weight excluding hydrogens is 328 g/mol. The molecule has 0 spiro atoms. The van der Waals surface area contributed by atoms with Crippen LogP contribution in [0.5, 0.6) is 0 Å². The Morgan fingerprint density at radius 3 is 2.78 bits per heavy atom. The lowest BCUT2D eigenvalue weighted by molar-refractivity contribution is 0.0509. The number of carbonyl (C=O) groups is 1. The largest absolute Gasteiger partial charge is 0.444 e. The van der Waals surface area contributed by atoms with Gasteiger partial charge in [0, 0.05) is 24.8 Å². The molecule has 8 heteroatoms. The second-order valence-electron chi connectivity index (χ2n) is 6.45. The van der Waals surface area contributed by atoms with Crippen molar-refractivity contribution < 1.29 is 18.3 Å². The number of amides is 1. The zero-order valence-corrected chi connectivity index (χ0v) is 14.0. The number of alkyl halides is 2. The molecule has 0 saturated carbocycles. The van der Waals surface area contributed by atoms with Crippen molar-refractivity contribution in [2.75, 3.05) is 18.0 Å². The second-order valence-corrected chi connectivity index (χ2v) is 6.86. The van der Waals surface area contributed by atoms with Crippen LogP contribution in [0.1, 0.15) is 39.2 Å². The van der Waals surface area contributed by atoms with E-state index in [0.29, 0.717) is 25.3 Å². The highest BCUT2D eigenvalue weighted by atomic mass is 35.5. The smallest absolute Gasteiger partial charge is 0.407 e. The van der Waals surface area contributed by atoms with Crippen LogP contribution < -0.4 is 10.2 Å². The number of carbonyl (C=O) groups excluding carboxylic acids is 1. The molecule has 5 nitrogen and oxygen atoms in total. The van der Waals surface area contributed by atoms with Gasteiger partial charge in [-0.05, 0) is 33.3 Å². The summed E-state index contributed by atoms with van der Waals surface area (Å²) in [5, 5.41) is 2.97. The fraction of sp³-hybridized carbons (Fsp3) is 0.600. The van der Waals surface area contributed by atoms with Crippen molar-refractivity contribution in [2.24, 2.45) is 0 Å². The van der Waals surface area contributed by atoms with Gasteiger partial charge in [0.05, 0.1) is 11.1 Å². The standard InChI is InChI=1S/C15H20ClF2N3O2/c1-15(2,3)23-14(22)20-10-4-5-21(8-10)13-11(16)6-9(7-19-13)12(17)18/h6-7,10,12H,4-5,8H2,1-3H3,(H,20,22). The highest BCUT2D eigenvalue weighted by Gasteiger charge is 2.28. The van der Waals surface area contributed by atoms with E-state index in [-0.39, 0.29) is 16.6 Å². The maximum atomic E-state index is 12.6. The molecule has 1 fully saturated rings. The number of rotatable bonds is 3. The molecule has 0 radical (unpaired) electrons. The molecule has 1 saturated heterocycles. The molecule has 1 aliphatic rings. The van der Waals surface area contributed by atoms with Gasteiger partial charge in [-0.2, -0.15) is 0 Å². The van der Waals surface area contributed by atoms with E-state index in [2.05, 4.69) is 10.3 Å². The second kappa shape index (κ2) is 6.86. The third kappa shape index (κ3) is 4.92. The average Bonchev–Trinajstić information content (AvgIpc) is 2.84. The first-order valence-corrected chi connectivity index (χ1v) is 7.71. The zero-order valence-electron chi connectivity index (χ0n) is 13.3. The lowest BCUT2D eigenvalue weighted by atomic mass is 10.2. The van der Waals surface area contributed by atoms with Gasteiger partial charge in [-0.25, -0.2) is 18.6 Å². The highest BCUT2D eigenvalue weighted by Crippen LogP contribution is 2.30. The minimum absolute atomic E-state index is 0.0995. The molecule has 2 rings (SSSR count). The van der Waals surface area contributed by atoms with Crippen LogP contribution in [0, 0.1) is 0 Å². The first kappa shape index (κ1) is 17.7. The Hall–Kier alpha value is -1.63. The number of hydrogen-bond donors (Lipinski definition) is 1. The van der Waals surface area contributed by atoms with Crippen LogP contribution in [0.2, 0.25) is 5.02 Å². The maximum Gasteiger partial charge on any atom is 0.407 e. The zero-order chi connectivity index (χ0) is 17.2. The van der Waals surface area contributed by atoms with Crippen LogP contribution in [0.3, 0.4) is 0 Å². The van der Waals surface area contributed by atoms with Crippen LogP contribution in [0.15, 0.2) is 12.3 Å². The molecular formula is C15H20ClF2N3O2. The Labute approximate surface area is 139 Å². The van der Waals surface area contributed by atoms with E-state index in [0.717, 1.165) is 6.20 Å². The summed E-state index contributed by atoms with van der Waals surface area (Å²) in [5.41, 5.74) is -0.764. The van der Waals surface area contributed by atoms with Gasteiger partial charge in [0.2, 0.25) is 0 Å². The number of pyridine rings is 1. The van der Waals surface area contributed by atoms with Crippen molar-refractivity contribution in [1.29, 1.82) is 0 Å². The van der Waals surface area contributed by atoms with Crippen molar-refractivity contribution in [3.8, 4) is 0 Å². The van der Waals surface area contributed by atoms with Gasteiger partial charge in [-0.3, -0.25) is 0 Å². The monoisotopic (exact) mass is 347 g/mol. The summed E-state index contributed by atoms with van der Waals surface area (Å²) in [4.78, 5) is 17.7. The van der Waals surface area contributed by atoms with E-state index in [4.69, 9.17) is 16.3 Å². The van der Waals surface area contributed by atoms with Gasteiger partial charge >= 0.3 is 6.09 Å². The number of ether oxygens (including phenoxy) is 1. The lowest BCUT2D eigenvalue weighted by Gasteiger charge is -2.22. The van der Waals surface area contributed by atoms with E-state index < -0.39 is 18.1 Å². The Balaban J connectivity index is 1.96. The Morgan fingerprint density at radius 2 is 2.22 bits per heavy atom. The maximum absolute atomic E-state index is 12.6. The summed E-state index contributed by atoms with van der Waals surface area (Å²) in [5.74, 6) is 0.449. The van der Waals surface area contributed by atoms with Gasteiger partial charge in [0.1, 0.15) is 11.4 Å². The molecule has 23 heavy (non-hydrogen) atoms. The predicted octanol–water partition coefficient (Wildman–Crippen LogP) is 3.78. The Morgan fingerprint density at radius 1 is 1.52 bits per heavy atom. The number of nitrogens with zero attached hydrogens (tertiary/aromatic N) is 2. The van der Waals surface area contributed by atoms with Crippen LogP contribution in [0.4, 0.5) is 19.4 Å². The molecule has 2 heterocycles. The molecule has 1 N–H and O–H groups in total. The van der Waals surface area contributed by atoms with Gasteiger partial charge < -0.3 is 15.0 Å². The van der Waals surface area contributed by atoms with Crippen molar-refractivity contribution in [3.05, 3.63) is 22.8 Å². The van der Waals surface area contributed by atoms with E-state index >= 15 is 0 Å². The van der Waals surface area contributed by atoms with Crippen LogP contribution in [-0.4, -0.2) is 35.8 Å². The molecule has 0 bridgehead atoms. The molecule has 0 aromatic carbocycles. The predicted molar refractivity (Wildman–Crippen MR) is 84.2 cm³/mol. The number of aromatic nitrogens is 1. The van der Waals surface area contributed by atoms with Crippen molar-refractivity contribution in [1.82, 2.24) is 10.3 Å². The summed E-state index contributed by atoms with van der Waals surface area (Å²) in [6.07, 6.45) is -1.25. The Bertz CT molecular complexity index is 578. The summed E-state index contributed by atoms with van der Waals surface area (Å²) in [6, 6.07) is 1.13. The summed E-state index contributed by atoms with van der Waals surface area (Å²) in [7, 11) is 0. The molecule has 1 unspecified atom stereocenters. The molecule has 1 aliphatic heterocycles. The molecule has 1 aromatic rings. The minimum Gasteiger partial charge on any atom is -0.444 e. The number of anilines is 1. The topological polar surface area (TPSA) is 54.5 Å². The molecule has 1 atom stereocenters. The average molecular weight is 348 g/mol. The lowest BCUT2D eigenvalue weighted by Crippen LogP contribution is -2.40. The van der Waals surface area contributed by atoms with Crippen molar-refractivity contribution in [3.63, 3.8) is 0 Å². The molecule has 0 aliphatic carbocycles. The van der Waals surface area contributed by atoms with Crippen LogP contribution >= 0.6 is 11.6 Å². The third-order valence-corrected chi connectivity index (χ3v) is 3.58. The molecule has 1 amide bonds. The highest BCUT2D eigenvalue weighted by molar-refractivity contribution is 6.33. The number of nitrogens with one attached hydrogen (secondary N) is 1. The van der Waals surface area contributed by atoms with E-state index in [1.165, 1.54) is 6.07 Å². The van der Waals surface area contributed by atoms with E-state index in [9.17, 15) is 13.6 Å². The van der Waals surface area contributed by atoms with E-state index in [1.807, 2.05) is 4.90 Å². The first-order valence-electron chi connectivity index (χ1n) is 7.34.